The van der Waals surface area contributed by atoms with E-state index in [1.165, 1.54) is 7.11 Å². The van der Waals surface area contributed by atoms with Crippen LogP contribution in [0.3, 0.4) is 0 Å². The number of amides is 3. The lowest BCUT2D eigenvalue weighted by atomic mass is 10.1. The molecular weight excluding hydrogens is 326 g/mol. The Hall–Kier alpha value is -1.76. The smallest absolute Gasteiger partial charge is 0.319 e. The Morgan fingerprint density at radius 1 is 1.50 bits per heavy atom. The van der Waals surface area contributed by atoms with Gasteiger partial charge in [-0.25, -0.2) is 4.79 Å². The quantitative estimate of drug-likeness (QED) is 0.785. The van der Waals surface area contributed by atoms with Gasteiger partial charge in [0, 0.05) is 11.0 Å². The molecule has 1 atom stereocenters. The van der Waals surface area contributed by atoms with E-state index < -0.39 is 12.1 Å². The molecule has 3 amide bonds. The van der Waals surface area contributed by atoms with Gasteiger partial charge in [0.15, 0.2) is 0 Å². The topological polar surface area (TPSA) is 79.5 Å². The van der Waals surface area contributed by atoms with Crippen LogP contribution in [0.15, 0.2) is 22.7 Å². The van der Waals surface area contributed by atoms with Crippen molar-refractivity contribution in [3.63, 3.8) is 0 Å². The molecule has 20 heavy (non-hydrogen) atoms. The fourth-order valence-corrected chi connectivity index (χ4v) is 2.37. The van der Waals surface area contributed by atoms with Gasteiger partial charge in [-0.2, -0.15) is 0 Å². The Labute approximate surface area is 125 Å². The normalized spacial score (nSPS) is 18.1. The monoisotopic (exact) mass is 341 g/mol. The van der Waals surface area contributed by atoms with E-state index in [4.69, 9.17) is 4.74 Å². The zero-order valence-electron chi connectivity index (χ0n) is 11.0. The molecule has 0 spiro atoms. The van der Waals surface area contributed by atoms with E-state index in [9.17, 15) is 9.59 Å². The van der Waals surface area contributed by atoms with Crippen molar-refractivity contribution in [2.24, 2.45) is 0 Å². The SMILES string of the molecule is COc1ccc(Br)cc1NC(=O)N[C@@H]1CCCNC1=O. The molecule has 0 bridgehead atoms. The number of halogens is 1. The summed E-state index contributed by atoms with van der Waals surface area (Å²) in [6.45, 7) is 0.665. The van der Waals surface area contributed by atoms with Crippen molar-refractivity contribution in [3.8, 4) is 5.75 Å². The van der Waals surface area contributed by atoms with E-state index in [-0.39, 0.29) is 5.91 Å². The Balaban J connectivity index is 2.00. The maximum Gasteiger partial charge on any atom is 0.319 e. The van der Waals surface area contributed by atoms with E-state index in [0.29, 0.717) is 24.4 Å². The maximum absolute atomic E-state index is 11.9. The van der Waals surface area contributed by atoms with Gasteiger partial charge in [-0.15, -0.1) is 0 Å². The zero-order valence-corrected chi connectivity index (χ0v) is 12.6. The number of carbonyl (C=O) groups is 2. The van der Waals surface area contributed by atoms with Crippen LogP contribution in [-0.4, -0.2) is 31.6 Å². The van der Waals surface area contributed by atoms with Crippen molar-refractivity contribution in [3.05, 3.63) is 22.7 Å². The number of anilines is 1. The summed E-state index contributed by atoms with van der Waals surface area (Å²) < 4.78 is 5.99. The fraction of sp³-hybridized carbons (Fsp3) is 0.385. The zero-order chi connectivity index (χ0) is 14.5. The van der Waals surface area contributed by atoms with E-state index >= 15 is 0 Å². The molecule has 1 aromatic carbocycles. The average Bonchev–Trinajstić information content (AvgIpc) is 2.41. The molecule has 0 radical (unpaired) electrons. The van der Waals surface area contributed by atoms with Crippen LogP contribution in [0.1, 0.15) is 12.8 Å². The first-order chi connectivity index (χ1) is 9.60. The van der Waals surface area contributed by atoms with Crippen LogP contribution >= 0.6 is 15.9 Å². The number of benzene rings is 1. The first-order valence-corrected chi connectivity index (χ1v) is 7.08. The molecular formula is C13H16BrN3O3. The van der Waals surface area contributed by atoms with Crippen molar-refractivity contribution in [1.29, 1.82) is 0 Å². The summed E-state index contributed by atoms with van der Waals surface area (Å²) in [6, 6.07) is 4.38. The average molecular weight is 342 g/mol. The van der Waals surface area contributed by atoms with Crippen LogP contribution in [0, 0.1) is 0 Å². The molecule has 0 unspecified atom stereocenters. The molecule has 1 heterocycles. The van der Waals surface area contributed by atoms with Crippen molar-refractivity contribution in [2.45, 2.75) is 18.9 Å². The van der Waals surface area contributed by atoms with Crippen LogP contribution in [0.25, 0.3) is 0 Å². The van der Waals surface area contributed by atoms with Gasteiger partial charge in [0.2, 0.25) is 5.91 Å². The van der Waals surface area contributed by atoms with Gasteiger partial charge in [0.05, 0.1) is 12.8 Å². The Bertz CT molecular complexity index is 522. The number of piperidine rings is 1. The summed E-state index contributed by atoms with van der Waals surface area (Å²) >= 11 is 3.33. The highest BCUT2D eigenvalue weighted by molar-refractivity contribution is 9.10. The van der Waals surface area contributed by atoms with Gasteiger partial charge in [-0.1, -0.05) is 15.9 Å². The van der Waals surface area contributed by atoms with Crippen molar-refractivity contribution < 1.29 is 14.3 Å². The van der Waals surface area contributed by atoms with E-state index in [1.54, 1.807) is 12.1 Å². The molecule has 2 rings (SSSR count). The lowest BCUT2D eigenvalue weighted by Gasteiger charge is -2.23. The number of methoxy groups -OCH3 is 1. The van der Waals surface area contributed by atoms with E-state index in [0.717, 1.165) is 10.9 Å². The van der Waals surface area contributed by atoms with E-state index in [1.807, 2.05) is 6.07 Å². The summed E-state index contributed by atoms with van der Waals surface area (Å²) in [4.78, 5) is 23.5. The first-order valence-electron chi connectivity index (χ1n) is 6.29. The van der Waals surface area contributed by atoms with Crippen molar-refractivity contribution in [1.82, 2.24) is 10.6 Å². The molecule has 1 fully saturated rings. The van der Waals surface area contributed by atoms with Crippen LogP contribution < -0.4 is 20.7 Å². The highest BCUT2D eigenvalue weighted by Gasteiger charge is 2.23. The molecule has 7 heteroatoms. The molecule has 0 aromatic heterocycles. The van der Waals surface area contributed by atoms with Gasteiger partial charge in [0.1, 0.15) is 11.8 Å². The van der Waals surface area contributed by atoms with Gasteiger partial charge in [-0.05, 0) is 31.0 Å². The molecule has 108 valence electrons. The van der Waals surface area contributed by atoms with E-state index in [2.05, 4.69) is 31.9 Å². The summed E-state index contributed by atoms with van der Waals surface area (Å²) in [5.41, 5.74) is 0.538. The number of urea groups is 1. The molecule has 6 nitrogen and oxygen atoms in total. The Morgan fingerprint density at radius 2 is 2.30 bits per heavy atom. The van der Waals surface area contributed by atoms with Crippen LogP contribution in [0.2, 0.25) is 0 Å². The van der Waals surface area contributed by atoms with Crippen LogP contribution in [0.5, 0.6) is 5.75 Å². The molecule has 0 aliphatic carbocycles. The van der Waals surface area contributed by atoms with Gasteiger partial charge >= 0.3 is 6.03 Å². The van der Waals surface area contributed by atoms with Crippen molar-refractivity contribution >= 4 is 33.6 Å². The maximum atomic E-state index is 11.9. The number of ether oxygens (including phenoxy) is 1. The summed E-state index contributed by atoms with van der Waals surface area (Å²) in [5.74, 6) is 0.407. The van der Waals surface area contributed by atoms with Crippen LogP contribution in [-0.2, 0) is 4.79 Å². The predicted molar refractivity (Wildman–Crippen MR) is 78.9 cm³/mol. The number of nitrogens with one attached hydrogen (secondary N) is 3. The third kappa shape index (κ3) is 3.63. The number of hydrogen-bond acceptors (Lipinski definition) is 3. The van der Waals surface area contributed by atoms with Gasteiger partial charge in [0.25, 0.3) is 0 Å². The second-order valence-corrected chi connectivity index (χ2v) is 5.34. The van der Waals surface area contributed by atoms with Gasteiger partial charge in [-0.3, -0.25) is 4.79 Å². The highest BCUT2D eigenvalue weighted by Crippen LogP contribution is 2.27. The molecule has 0 saturated carbocycles. The molecule has 3 N–H and O–H groups in total. The third-order valence-electron chi connectivity index (χ3n) is 3.00. The molecule has 1 aromatic rings. The van der Waals surface area contributed by atoms with Gasteiger partial charge < -0.3 is 20.7 Å². The molecule has 1 saturated heterocycles. The lowest BCUT2D eigenvalue weighted by molar-refractivity contribution is -0.124. The minimum Gasteiger partial charge on any atom is -0.495 e. The van der Waals surface area contributed by atoms with Crippen LogP contribution in [0.4, 0.5) is 10.5 Å². The lowest BCUT2D eigenvalue weighted by Crippen LogP contribution is -2.51. The minimum absolute atomic E-state index is 0.146. The second-order valence-electron chi connectivity index (χ2n) is 4.43. The number of carbonyl (C=O) groups excluding carboxylic acids is 2. The summed E-state index contributed by atoms with van der Waals surface area (Å²) in [6.07, 6.45) is 1.51. The standard InChI is InChI=1S/C13H16BrN3O3/c1-20-11-5-4-8(14)7-10(11)17-13(19)16-9-3-2-6-15-12(9)18/h4-5,7,9H,2-3,6H2,1H3,(H,15,18)(H2,16,17,19)/t9-/m1/s1. The minimum atomic E-state index is -0.484. The molecule has 1 aliphatic rings. The summed E-state index contributed by atoms with van der Waals surface area (Å²) in [7, 11) is 1.53. The Morgan fingerprint density at radius 3 is 3.00 bits per heavy atom. The second kappa shape index (κ2) is 6.60. The first kappa shape index (κ1) is 14.6. The fourth-order valence-electron chi connectivity index (χ4n) is 2.00. The third-order valence-corrected chi connectivity index (χ3v) is 3.49. The number of rotatable bonds is 3. The predicted octanol–water partition coefficient (Wildman–Crippen LogP) is 1.86. The highest BCUT2D eigenvalue weighted by atomic mass is 79.9. The molecule has 1 aliphatic heterocycles. The summed E-state index contributed by atoms with van der Waals surface area (Å²) in [5, 5.41) is 8.06. The largest absolute Gasteiger partial charge is 0.495 e. The van der Waals surface area contributed by atoms with Crippen molar-refractivity contribution in [2.75, 3.05) is 19.0 Å². The Kier molecular flexibility index (Phi) is 4.84. The number of hydrogen-bond donors (Lipinski definition) is 3.